The molecule has 0 bridgehead atoms. The van der Waals surface area contributed by atoms with Crippen LogP contribution >= 0.6 is 0 Å². The van der Waals surface area contributed by atoms with Gasteiger partial charge in [0.25, 0.3) is 0 Å². The molecule has 11 heavy (non-hydrogen) atoms. The molecule has 0 aromatic rings. The highest BCUT2D eigenvalue weighted by molar-refractivity contribution is 4.52. The van der Waals surface area contributed by atoms with Gasteiger partial charge in [-0.25, -0.2) is 0 Å². The van der Waals surface area contributed by atoms with Gasteiger partial charge in [0, 0.05) is 0 Å². The van der Waals surface area contributed by atoms with Crippen LogP contribution in [-0.2, 0) is 0 Å². The summed E-state index contributed by atoms with van der Waals surface area (Å²) in [6, 6.07) is 0. The molecule has 5 N–H and O–H groups in total. The molecule has 0 fully saturated rings. The Hall–Kier alpha value is -0.120. The summed E-state index contributed by atoms with van der Waals surface area (Å²) in [6.45, 7) is 11.2. The van der Waals surface area contributed by atoms with Crippen molar-refractivity contribution in [2.75, 3.05) is 13.1 Å². The van der Waals surface area contributed by atoms with Crippen LogP contribution in [0.3, 0.4) is 0 Å². The van der Waals surface area contributed by atoms with Crippen LogP contribution in [0.25, 0.3) is 0 Å². The zero-order valence-corrected chi connectivity index (χ0v) is 8.07. The number of rotatable bonds is 4. The Morgan fingerprint density at radius 3 is 1.27 bits per heavy atom. The highest BCUT2D eigenvalue weighted by Gasteiger charge is 1.93. The van der Waals surface area contributed by atoms with Crippen molar-refractivity contribution in [2.24, 2.45) is 11.8 Å². The second kappa shape index (κ2) is 9.88. The zero-order chi connectivity index (χ0) is 7.28. The van der Waals surface area contributed by atoms with Gasteiger partial charge in [-0.2, -0.15) is 0 Å². The van der Waals surface area contributed by atoms with E-state index in [2.05, 4.69) is 33.0 Å². The normalized spacial score (nSPS) is 9.27. The van der Waals surface area contributed by atoms with E-state index in [1.165, 1.54) is 0 Å². The minimum atomic E-state index is 0. The topological polar surface area (TPSA) is 75.0 Å². The van der Waals surface area contributed by atoms with Gasteiger partial charge in [-0.15, -0.1) is 0 Å². The highest BCUT2D eigenvalue weighted by Crippen LogP contribution is 1.90. The van der Waals surface area contributed by atoms with Gasteiger partial charge in [0.05, 0.1) is 0 Å². The molecule has 0 radical (unpaired) electrons. The van der Waals surface area contributed by atoms with Crippen molar-refractivity contribution in [1.82, 2.24) is 5.32 Å². The minimum Gasteiger partial charge on any atom is -0.412 e. The molecule has 72 valence electrons. The summed E-state index contributed by atoms with van der Waals surface area (Å²) in [5, 5.41) is 3.38. The third kappa shape index (κ3) is 17.7. The van der Waals surface area contributed by atoms with Crippen LogP contribution in [0.15, 0.2) is 0 Å². The average Bonchev–Trinajstić information content (AvgIpc) is 1.63. The van der Waals surface area contributed by atoms with Crippen molar-refractivity contribution in [3.63, 3.8) is 0 Å². The van der Waals surface area contributed by atoms with Gasteiger partial charge in [0.15, 0.2) is 0 Å². The lowest BCUT2D eigenvalue weighted by molar-refractivity contribution is 0.497. The summed E-state index contributed by atoms with van der Waals surface area (Å²) in [5.41, 5.74) is 0. The Morgan fingerprint density at radius 2 is 1.09 bits per heavy atom. The highest BCUT2D eigenvalue weighted by atomic mass is 16.0. The van der Waals surface area contributed by atoms with E-state index in [9.17, 15) is 0 Å². The fourth-order valence-corrected chi connectivity index (χ4v) is 0.661. The molecule has 0 saturated heterocycles. The molecule has 0 amide bonds. The predicted octanol–water partition coefficient (Wildman–Crippen LogP) is 0.239. The summed E-state index contributed by atoms with van der Waals surface area (Å²) in [5.74, 6) is 1.56. The molecule has 0 aliphatic carbocycles. The standard InChI is InChI=1S/C8H19N.2H2O/c1-7(2)5-9-6-8(3)4;;/h7-9H,5-6H2,1-4H3;2*1H2. The molecule has 3 nitrogen and oxygen atoms in total. The fraction of sp³-hybridized carbons (Fsp3) is 1.00. The van der Waals surface area contributed by atoms with E-state index in [4.69, 9.17) is 0 Å². The number of hydrogen-bond donors (Lipinski definition) is 1. The second-order valence-corrected chi connectivity index (χ2v) is 3.45. The number of nitrogens with one attached hydrogen (secondary N) is 1. The molecule has 0 atom stereocenters. The monoisotopic (exact) mass is 165 g/mol. The number of hydrogen-bond acceptors (Lipinski definition) is 1. The van der Waals surface area contributed by atoms with Gasteiger partial charge >= 0.3 is 0 Å². The molecule has 0 saturated carbocycles. The average molecular weight is 165 g/mol. The maximum Gasteiger partial charge on any atom is -0.00257 e. The molecule has 0 aromatic carbocycles. The van der Waals surface area contributed by atoms with Crippen LogP contribution < -0.4 is 5.32 Å². The van der Waals surface area contributed by atoms with Crippen molar-refractivity contribution in [3.05, 3.63) is 0 Å². The van der Waals surface area contributed by atoms with E-state index in [0.717, 1.165) is 24.9 Å². The smallest absolute Gasteiger partial charge is 0.00257 e. The minimum absolute atomic E-state index is 0. The lowest BCUT2D eigenvalue weighted by Gasteiger charge is -2.08. The fourth-order valence-electron chi connectivity index (χ4n) is 0.661. The molecule has 0 aliphatic rings. The van der Waals surface area contributed by atoms with Crippen molar-refractivity contribution in [2.45, 2.75) is 27.7 Å². The molecule has 0 aliphatic heterocycles. The Morgan fingerprint density at radius 1 is 0.818 bits per heavy atom. The van der Waals surface area contributed by atoms with Crippen molar-refractivity contribution >= 4 is 0 Å². The van der Waals surface area contributed by atoms with Gasteiger partial charge in [-0.3, -0.25) is 0 Å². The maximum absolute atomic E-state index is 3.38. The van der Waals surface area contributed by atoms with Gasteiger partial charge < -0.3 is 16.3 Å². The molecule has 0 spiro atoms. The lowest BCUT2D eigenvalue weighted by atomic mass is 10.2. The summed E-state index contributed by atoms with van der Waals surface area (Å²) < 4.78 is 0. The van der Waals surface area contributed by atoms with Gasteiger partial charge in [-0.05, 0) is 24.9 Å². The first-order valence-electron chi connectivity index (χ1n) is 3.83. The molecule has 0 heterocycles. The van der Waals surface area contributed by atoms with E-state index >= 15 is 0 Å². The van der Waals surface area contributed by atoms with E-state index in [1.54, 1.807) is 0 Å². The predicted molar refractivity (Wildman–Crippen MR) is 49.8 cm³/mol. The summed E-state index contributed by atoms with van der Waals surface area (Å²) in [4.78, 5) is 0. The quantitative estimate of drug-likeness (QED) is 0.636. The SMILES string of the molecule is CC(C)CNCC(C)C.O.O. The third-order valence-electron chi connectivity index (χ3n) is 1.11. The summed E-state index contributed by atoms with van der Waals surface area (Å²) in [6.07, 6.45) is 0. The van der Waals surface area contributed by atoms with Crippen LogP contribution in [0.5, 0.6) is 0 Å². The first kappa shape index (κ1) is 17.1. The van der Waals surface area contributed by atoms with Crippen LogP contribution in [0.2, 0.25) is 0 Å². The van der Waals surface area contributed by atoms with Crippen LogP contribution in [-0.4, -0.2) is 24.0 Å². The molecule has 0 unspecified atom stereocenters. The molecule has 0 rings (SSSR count). The molecular formula is C8H23NO2. The van der Waals surface area contributed by atoms with E-state index in [-0.39, 0.29) is 11.0 Å². The maximum atomic E-state index is 3.38. The third-order valence-corrected chi connectivity index (χ3v) is 1.11. The molecule has 3 heteroatoms. The summed E-state index contributed by atoms with van der Waals surface area (Å²) in [7, 11) is 0. The lowest BCUT2D eigenvalue weighted by Crippen LogP contribution is -2.23. The molecule has 0 aromatic heterocycles. The van der Waals surface area contributed by atoms with E-state index in [1.807, 2.05) is 0 Å². The zero-order valence-electron chi connectivity index (χ0n) is 8.07. The van der Waals surface area contributed by atoms with Crippen LogP contribution in [0, 0.1) is 11.8 Å². The van der Waals surface area contributed by atoms with Crippen molar-refractivity contribution < 1.29 is 11.0 Å². The van der Waals surface area contributed by atoms with Gasteiger partial charge in [0.2, 0.25) is 0 Å². The van der Waals surface area contributed by atoms with Crippen molar-refractivity contribution in [3.8, 4) is 0 Å². The Labute approximate surface area is 69.8 Å². The Balaban J connectivity index is -0.000000320. The second-order valence-electron chi connectivity index (χ2n) is 3.45. The first-order chi connectivity index (χ1) is 4.13. The molecular weight excluding hydrogens is 142 g/mol. The Bertz CT molecular complexity index is 57.1. The van der Waals surface area contributed by atoms with Crippen LogP contribution in [0.1, 0.15) is 27.7 Å². The van der Waals surface area contributed by atoms with E-state index < -0.39 is 0 Å². The first-order valence-corrected chi connectivity index (χ1v) is 3.83. The van der Waals surface area contributed by atoms with Gasteiger partial charge in [-0.1, -0.05) is 27.7 Å². The largest absolute Gasteiger partial charge is 0.412 e. The van der Waals surface area contributed by atoms with Crippen LogP contribution in [0.4, 0.5) is 0 Å². The van der Waals surface area contributed by atoms with Crippen molar-refractivity contribution in [1.29, 1.82) is 0 Å². The van der Waals surface area contributed by atoms with E-state index in [0.29, 0.717) is 0 Å². The summed E-state index contributed by atoms with van der Waals surface area (Å²) >= 11 is 0. The van der Waals surface area contributed by atoms with Gasteiger partial charge in [0.1, 0.15) is 0 Å². The Kier molecular flexibility index (Phi) is 15.4.